The molecule has 0 aliphatic heterocycles. The minimum atomic E-state index is -0.510. The van der Waals surface area contributed by atoms with Crippen LogP contribution in [0.5, 0.6) is 11.5 Å². The highest BCUT2D eigenvalue weighted by Gasteiger charge is 2.16. The molecular weight excluding hydrogens is 426 g/mol. The van der Waals surface area contributed by atoms with Crippen LogP contribution in [0, 0.1) is 0 Å². The minimum Gasteiger partial charge on any atom is -0.497 e. The van der Waals surface area contributed by atoms with Gasteiger partial charge in [-0.15, -0.1) is 0 Å². The first-order valence-electron chi connectivity index (χ1n) is 10.1. The van der Waals surface area contributed by atoms with Gasteiger partial charge >= 0.3 is 5.69 Å². The summed E-state index contributed by atoms with van der Waals surface area (Å²) in [5, 5.41) is 2.84. The molecule has 0 aliphatic rings. The molecule has 10 nitrogen and oxygen atoms in total. The first kappa shape index (κ1) is 21.9. The summed E-state index contributed by atoms with van der Waals surface area (Å²) in [6.45, 7) is -0.145. The summed E-state index contributed by atoms with van der Waals surface area (Å²) < 4.78 is 14.4. The maximum absolute atomic E-state index is 12.8. The van der Waals surface area contributed by atoms with Crippen LogP contribution in [-0.2, 0) is 25.4 Å². The predicted octanol–water partition coefficient (Wildman–Crippen LogP) is 1.76. The number of aryl methyl sites for hydroxylation is 1. The molecule has 2 aromatic heterocycles. The van der Waals surface area contributed by atoms with E-state index in [2.05, 4.69) is 10.3 Å². The molecule has 0 spiro atoms. The van der Waals surface area contributed by atoms with Crippen molar-refractivity contribution in [2.45, 2.75) is 6.54 Å². The van der Waals surface area contributed by atoms with Crippen molar-refractivity contribution < 1.29 is 14.3 Å². The van der Waals surface area contributed by atoms with Crippen LogP contribution in [0.3, 0.4) is 0 Å². The van der Waals surface area contributed by atoms with Gasteiger partial charge in [-0.05, 0) is 35.9 Å². The molecule has 2 heterocycles. The lowest BCUT2D eigenvalue weighted by Gasteiger charge is -2.13. The molecule has 4 rings (SSSR count). The van der Waals surface area contributed by atoms with E-state index in [4.69, 9.17) is 9.47 Å². The Hall–Kier alpha value is -4.34. The number of imidazole rings is 1. The Morgan fingerprint density at radius 3 is 2.39 bits per heavy atom. The van der Waals surface area contributed by atoms with Crippen molar-refractivity contribution in [1.82, 2.24) is 18.7 Å². The number of benzene rings is 2. The summed E-state index contributed by atoms with van der Waals surface area (Å²) in [5.74, 6) is 1.04. The standard InChI is InChI=1S/C23H23N5O5/c1-26-21-20(22(30)27(2)23(26)31)28(13-24-21)12-19(29)25-15-7-10-18(33-4)17(11-15)14-5-8-16(32-3)9-6-14/h5-11,13H,12H2,1-4H3,(H,25,29). The smallest absolute Gasteiger partial charge is 0.332 e. The normalized spacial score (nSPS) is 10.9. The van der Waals surface area contributed by atoms with Gasteiger partial charge in [0.15, 0.2) is 11.2 Å². The lowest BCUT2D eigenvalue weighted by Crippen LogP contribution is -2.37. The lowest BCUT2D eigenvalue weighted by atomic mass is 10.0. The SMILES string of the molecule is COc1ccc(-c2cc(NC(=O)Cn3cnc4c3c(=O)n(C)c(=O)n4C)ccc2OC)cc1. The number of nitrogens with zero attached hydrogens (tertiary/aromatic N) is 4. The Kier molecular flexibility index (Phi) is 5.74. The zero-order valence-electron chi connectivity index (χ0n) is 18.7. The van der Waals surface area contributed by atoms with Crippen LogP contribution in [0.2, 0.25) is 0 Å². The first-order chi connectivity index (χ1) is 15.8. The van der Waals surface area contributed by atoms with E-state index in [1.54, 1.807) is 26.4 Å². The van der Waals surface area contributed by atoms with E-state index in [0.29, 0.717) is 11.4 Å². The molecule has 0 fully saturated rings. The van der Waals surface area contributed by atoms with E-state index < -0.39 is 11.2 Å². The maximum atomic E-state index is 12.8. The third-order valence-electron chi connectivity index (χ3n) is 5.42. The van der Waals surface area contributed by atoms with Gasteiger partial charge in [-0.25, -0.2) is 9.78 Å². The second-order valence-electron chi connectivity index (χ2n) is 7.44. The summed E-state index contributed by atoms with van der Waals surface area (Å²) in [7, 11) is 6.10. The molecule has 0 saturated carbocycles. The Balaban J connectivity index is 1.62. The Bertz CT molecular complexity index is 1460. The fraction of sp³-hybridized carbons (Fsp3) is 0.217. The van der Waals surface area contributed by atoms with Crippen molar-refractivity contribution in [1.29, 1.82) is 0 Å². The van der Waals surface area contributed by atoms with Gasteiger partial charge in [0.25, 0.3) is 5.56 Å². The molecule has 170 valence electrons. The average Bonchev–Trinajstić information content (AvgIpc) is 3.24. The number of carbonyl (C=O) groups is 1. The van der Waals surface area contributed by atoms with Crippen LogP contribution in [-0.4, -0.2) is 38.8 Å². The second kappa shape index (κ2) is 8.65. The molecule has 1 amide bonds. The number of hydrogen-bond donors (Lipinski definition) is 1. The Labute approximate surface area is 188 Å². The highest BCUT2D eigenvalue weighted by atomic mass is 16.5. The summed E-state index contributed by atoms with van der Waals surface area (Å²) in [5.41, 5.74) is 1.68. The molecule has 33 heavy (non-hydrogen) atoms. The zero-order chi connectivity index (χ0) is 23.7. The molecule has 0 unspecified atom stereocenters. The van der Waals surface area contributed by atoms with E-state index in [0.717, 1.165) is 21.4 Å². The number of nitrogens with one attached hydrogen (secondary N) is 1. The van der Waals surface area contributed by atoms with Crippen molar-refractivity contribution in [3.63, 3.8) is 0 Å². The number of carbonyl (C=O) groups excluding carboxylic acids is 1. The van der Waals surface area contributed by atoms with Crippen LogP contribution in [0.25, 0.3) is 22.3 Å². The van der Waals surface area contributed by atoms with E-state index >= 15 is 0 Å². The lowest BCUT2D eigenvalue weighted by molar-refractivity contribution is -0.116. The topological polar surface area (TPSA) is 109 Å². The van der Waals surface area contributed by atoms with Crippen molar-refractivity contribution in [2.24, 2.45) is 14.1 Å². The van der Waals surface area contributed by atoms with Crippen molar-refractivity contribution in [3.05, 3.63) is 69.6 Å². The van der Waals surface area contributed by atoms with Crippen molar-refractivity contribution in [3.8, 4) is 22.6 Å². The molecule has 0 atom stereocenters. The second-order valence-corrected chi connectivity index (χ2v) is 7.44. The number of amides is 1. The highest BCUT2D eigenvalue weighted by Crippen LogP contribution is 2.33. The van der Waals surface area contributed by atoms with E-state index in [1.807, 2.05) is 30.3 Å². The van der Waals surface area contributed by atoms with Gasteiger partial charge in [-0.1, -0.05) is 12.1 Å². The summed E-state index contributed by atoms with van der Waals surface area (Å²) in [6, 6.07) is 12.8. The number of hydrogen-bond acceptors (Lipinski definition) is 6. The van der Waals surface area contributed by atoms with Gasteiger partial charge in [0.1, 0.15) is 18.0 Å². The molecule has 10 heteroatoms. The number of rotatable bonds is 6. The fourth-order valence-electron chi connectivity index (χ4n) is 3.65. The number of fused-ring (bicyclic) bond motifs is 1. The van der Waals surface area contributed by atoms with E-state index in [1.165, 1.54) is 29.6 Å². The minimum absolute atomic E-state index is 0.145. The number of aromatic nitrogens is 4. The quantitative estimate of drug-likeness (QED) is 0.480. The predicted molar refractivity (Wildman–Crippen MR) is 124 cm³/mol. The van der Waals surface area contributed by atoms with E-state index in [-0.39, 0.29) is 23.6 Å². The zero-order valence-corrected chi connectivity index (χ0v) is 18.7. The van der Waals surface area contributed by atoms with Gasteiger partial charge in [-0.3, -0.25) is 18.7 Å². The molecular formula is C23H23N5O5. The average molecular weight is 449 g/mol. The van der Waals surface area contributed by atoms with Crippen molar-refractivity contribution >= 4 is 22.8 Å². The van der Waals surface area contributed by atoms with Crippen LogP contribution in [0.15, 0.2) is 58.4 Å². The largest absolute Gasteiger partial charge is 0.497 e. The summed E-state index contributed by atoms with van der Waals surface area (Å²) in [4.78, 5) is 41.6. The molecule has 0 aliphatic carbocycles. The molecule has 1 N–H and O–H groups in total. The number of methoxy groups -OCH3 is 2. The molecule has 2 aromatic carbocycles. The Morgan fingerprint density at radius 1 is 1.00 bits per heavy atom. The number of anilines is 1. The van der Waals surface area contributed by atoms with Crippen molar-refractivity contribution in [2.75, 3.05) is 19.5 Å². The van der Waals surface area contributed by atoms with Gasteiger partial charge in [0.05, 0.1) is 20.5 Å². The van der Waals surface area contributed by atoms with Gasteiger partial charge in [0, 0.05) is 25.3 Å². The summed E-state index contributed by atoms with van der Waals surface area (Å²) >= 11 is 0. The van der Waals surface area contributed by atoms with Gasteiger partial charge < -0.3 is 19.4 Å². The van der Waals surface area contributed by atoms with Crippen LogP contribution < -0.4 is 26.0 Å². The Morgan fingerprint density at radius 2 is 1.73 bits per heavy atom. The number of ether oxygens (including phenoxy) is 2. The molecule has 0 radical (unpaired) electrons. The van der Waals surface area contributed by atoms with Gasteiger partial charge in [0.2, 0.25) is 5.91 Å². The molecule has 0 bridgehead atoms. The summed E-state index contributed by atoms with van der Waals surface area (Å²) in [6.07, 6.45) is 1.38. The van der Waals surface area contributed by atoms with Gasteiger partial charge in [-0.2, -0.15) is 0 Å². The van der Waals surface area contributed by atoms with Crippen LogP contribution in [0.4, 0.5) is 5.69 Å². The monoisotopic (exact) mass is 449 g/mol. The fourth-order valence-corrected chi connectivity index (χ4v) is 3.65. The highest BCUT2D eigenvalue weighted by molar-refractivity contribution is 5.92. The van der Waals surface area contributed by atoms with Crippen LogP contribution in [0.1, 0.15) is 0 Å². The first-order valence-corrected chi connectivity index (χ1v) is 10.1. The molecule has 0 saturated heterocycles. The van der Waals surface area contributed by atoms with Crippen LogP contribution >= 0.6 is 0 Å². The third kappa shape index (κ3) is 3.98. The maximum Gasteiger partial charge on any atom is 0.332 e. The molecule has 4 aromatic rings. The van der Waals surface area contributed by atoms with E-state index in [9.17, 15) is 14.4 Å². The third-order valence-corrected chi connectivity index (χ3v) is 5.42.